The van der Waals surface area contributed by atoms with Crippen molar-refractivity contribution in [1.29, 1.82) is 0 Å². The van der Waals surface area contributed by atoms with Crippen molar-refractivity contribution < 1.29 is 14.3 Å². The third kappa shape index (κ3) is 4.83. The van der Waals surface area contributed by atoms with Gasteiger partial charge in [0.1, 0.15) is 11.5 Å². The van der Waals surface area contributed by atoms with E-state index in [9.17, 15) is 4.79 Å². The van der Waals surface area contributed by atoms with Crippen LogP contribution < -0.4 is 14.8 Å². The van der Waals surface area contributed by atoms with Gasteiger partial charge in [0.25, 0.3) is 5.91 Å². The first-order chi connectivity index (χ1) is 13.6. The average Bonchev–Trinajstić information content (AvgIpc) is 2.72. The van der Waals surface area contributed by atoms with Gasteiger partial charge in [-0.2, -0.15) is 0 Å². The van der Waals surface area contributed by atoms with Gasteiger partial charge >= 0.3 is 0 Å². The molecule has 1 N–H and O–H groups in total. The van der Waals surface area contributed by atoms with E-state index in [1.165, 1.54) is 0 Å². The second-order valence-corrected chi connectivity index (χ2v) is 6.76. The van der Waals surface area contributed by atoms with Gasteiger partial charge in [-0.05, 0) is 60.9 Å². The average molecular weight is 377 g/mol. The molecule has 0 saturated carbocycles. The Balaban J connectivity index is 1.64. The van der Waals surface area contributed by atoms with Crippen molar-refractivity contribution in [2.24, 2.45) is 0 Å². The molecule has 28 heavy (non-hydrogen) atoms. The molecular formula is C24H27NO3. The van der Waals surface area contributed by atoms with Crippen molar-refractivity contribution >= 4 is 16.7 Å². The van der Waals surface area contributed by atoms with E-state index in [0.29, 0.717) is 18.8 Å². The Morgan fingerprint density at radius 3 is 2.29 bits per heavy atom. The Labute approximate surface area is 166 Å². The number of hydrogen-bond donors (Lipinski definition) is 1. The summed E-state index contributed by atoms with van der Waals surface area (Å²) in [6.07, 6.45) is 0.0561. The molecule has 0 fully saturated rings. The van der Waals surface area contributed by atoms with Crippen molar-refractivity contribution in [2.75, 3.05) is 6.61 Å². The molecule has 0 radical (unpaired) electrons. The van der Waals surface area contributed by atoms with E-state index in [2.05, 4.69) is 11.4 Å². The molecule has 0 spiro atoms. The highest BCUT2D eigenvalue weighted by atomic mass is 16.5. The first kappa shape index (κ1) is 19.7. The number of fused-ring (bicyclic) bond motifs is 1. The molecule has 3 rings (SSSR count). The minimum absolute atomic E-state index is 0.113. The molecule has 0 bridgehead atoms. The molecular weight excluding hydrogens is 350 g/mol. The Kier molecular flexibility index (Phi) is 6.53. The number of hydrogen-bond acceptors (Lipinski definition) is 3. The fourth-order valence-electron chi connectivity index (χ4n) is 3.14. The van der Waals surface area contributed by atoms with Gasteiger partial charge in [-0.25, -0.2) is 0 Å². The molecule has 0 aromatic heterocycles. The van der Waals surface area contributed by atoms with E-state index in [4.69, 9.17) is 9.47 Å². The van der Waals surface area contributed by atoms with Crippen molar-refractivity contribution in [3.63, 3.8) is 0 Å². The molecule has 4 heteroatoms. The number of amides is 1. The molecule has 0 heterocycles. The molecule has 3 aromatic carbocycles. The first-order valence-electron chi connectivity index (χ1n) is 9.79. The van der Waals surface area contributed by atoms with Crippen LogP contribution in [0.4, 0.5) is 0 Å². The van der Waals surface area contributed by atoms with Gasteiger partial charge in [0.2, 0.25) is 0 Å². The summed E-state index contributed by atoms with van der Waals surface area (Å²) in [5.74, 6) is 1.42. The maximum absolute atomic E-state index is 12.7. The molecule has 0 saturated heterocycles. The van der Waals surface area contributed by atoms with Gasteiger partial charge in [0.05, 0.1) is 12.6 Å². The van der Waals surface area contributed by atoms with E-state index < -0.39 is 6.10 Å². The SMILES string of the molecule is CCOc1ccc([C@@H](C)NC(=O)[C@@H](CC)Oc2ccc3ccccc3c2)cc1. The van der Waals surface area contributed by atoms with E-state index in [0.717, 1.165) is 22.1 Å². The third-order valence-electron chi connectivity index (χ3n) is 4.71. The van der Waals surface area contributed by atoms with E-state index >= 15 is 0 Å². The second kappa shape index (κ2) is 9.27. The van der Waals surface area contributed by atoms with Crippen LogP contribution in [0.25, 0.3) is 10.8 Å². The van der Waals surface area contributed by atoms with Gasteiger partial charge in [-0.1, -0.05) is 49.4 Å². The van der Waals surface area contributed by atoms with E-state index in [-0.39, 0.29) is 11.9 Å². The van der Waals surface area contributed by atoms with Gasteiger partial charge in [-0.3, -0.25) is 4.79 Å². The molecule has 2 atom stereocenters. The summed E-state index contributed by atoms with van der Waals surface area (Å²) in [6.45, 7) is 6.51. The molecule has 3 aromatic rings. The third-order valence-corrected chi connectivity index (χ3v) is 4.71. The fraction of sp³-hybridized carbons (Fsp3) is 0.292. The quantitative estimate of drug-likeness (QED) is 0.581. The number of rotatable bonds is 8. The Hall–Kier alpha value is -3.01. The van der Waals surface area contributed by atoms with Crippen LogP contribution >= 0.6 is 0 Å². The van der Waals surface area contributed by atoms with Crippen LogP contribution in [-0.2, 0) is 4.79 Å². The van der Waals surface area contributed by atoms with Gasteiger partial charge in [0.15, 0.2) is 6.10 Å². The maximum atomic E-state index is 12.7. The lowest BCUT2D eigenvalue weighted by Gasteiger charge is -2.21. The van der Waals surface area contributed by atoms with Crippen LogP contribution in [0.1, 0.15) is 38.8 Å². The number of carbonyl (C=O) groups excluding carboxylic acids is 1. The number of benzene rings is 3. The van der Waals surface area contributed by atoms with Gasteiger partial charge < -0.3 is 14.8 Å². The topological polar surface area (TPSA) is 47.6 Å². The summed E-state index contributed by atoms with van der Waals surface area (Å²) in [5, 5.41) is 5.30. The van der Waals surface area contributed by atoms with Crippen LogP contribution in [0.3, 0.4) is 0 Å². The smallest absolute Gasteiger partial charge is 0.261 e. The number of nitrogens with one attached hydrogen (secondary N) is 1. The van der Waals surface area contributed by atoms with Crippen molar-refractivity contribution in [1.82, 2.24) is 5.32 Å². The highest BCUT2D eigenvalue weighted by molar-refractivity contribution is 5.84. The second-order valence-electron chi connectivity index (χ2n) is 6.76. The van der Waals surface area contributed by atoms with Crippen LogP contribution in [0.2, 0.25) is 0 Å². The highest BCUT2D eigenvalue weighted by Crippen LogP contribution is 2.23. The Bertz CT molecular complexity index is 921. The molecule has 4 nitrogen and oxygen atoms in total. The minimum Gasteiger partial charge on any atom is -0.494 e. The monoisotopic (exact) mass is 377 g/mol. The lowest BCUT2D eigenvalue weighted by atomic mass is 10.1. The van der Waals surface area contributed by atoms with Crippen LogP contribution in [0.15, 0.2) is 66.7 Å². The molecule has 0 aliphatic carbocycles. The summed E-state index contributed by atoms with van der Waals surface area (Å²) >= 11 is 0. The van der Waals surface area contributed by atoms with Gasteiger partial charge in [0, 0.05) is 0 Å². The van der Waals surface area contributed by atoms with Crippen LogP contribution in [0, 0.1) is 0 Å². The lowest BCUT2D eigenvalue weighted by Crippen LogP contribution is -2.39. The normalized spacial score (nSPS) is 13.0. The lowest BCUT2D eigenvalue weighted by molar-refractivity contribution is -0.128. The largest absolute Gasteiger partial charge is 0.494 e. The fourth-order valence-corrected chi connectivity index (χ4v) is 3.14. The van der Waals surface area contributed by atoms with E-state index in [1.54, 1.807) is 0 Å². The molecule has 1 amide bonds. The number of ether oxygens (including phenoxy) is 2. The maximum Gasteiger partial charge on any atom is 0.261 e. The number of carbonyl (C=O) groups is 1. The van der Waals surface area contributed by atoms with E-state index in [1.807, 2.05) is 81.4 Å². The minimum atomic E-state index is -0.536. The predicted octanol–water partition coefficient (Wildman–Crippen LogP) is 5.27. The van der Waals surface area contributed by atoms with Crippen molar-refractivity contribution in [2.45, 2.75) is 39.3 Å². The molecule has 146 valence electrons. The molecule has 0 aliphatic rings. The Morgan fingerprint density at radius 2 is 1.61 bits per heavy atom. The zero-order valence-electron chi connectivity index (χ0n) is 16.6. The summed E-state index contributed by atoms with van der Waals surface area (Å²) in [4.78, 5) is 12.7. The van der Waals surface area contributed by atoms with Gasteiger partial charge in [-0.15, -0.1) is 0 Å². The molecule has 0 unspecified atom stereocenters. The first-order valence-corrected chi connectivity index (χ1v) is 9.79. The standard InChI is InChI=1S/C24H27NO3/c1-4-23(28-22-15-12-19-8-6-7-9-20(19)16-22)24(26)25-17(3)18-10-13-21(14-11-18)27-5-2/h6-17,23H,4-5H2,1-3H3,(H,25,26)/t17-,23-/m1/s1. The molecule has 0 aliphatic heterocycles. The summed E-state index contributed by atoms with van der Waals surface area (Å²) in [6, 6.07) is 21.7. The summed E-state index contributed by atoms with van der Waals surface area (Å²) in [7, 11) is 0. The van der Waals surface area contributed by atoms with Crippen LogP contribution in [0.5, 0.6) is 11.5 Å². The zero-order valence-corrected chi connectivity index (χ0v) is 16.6. The van der Waals surface area contributed by atoms with Crippen molar-refractivity contribution in [3.05, 3.63) is 72.3 Å². The Morgan fingerprint density at radius 1 is 0.929 bits per heavy atom. The zero-order chi connectivity index (χ0) is 19.9. The highest BCUT2D eigenvalue weighted by Gasteiger charge is 2.21. The summed E-state index contributed by atoms with van der Waals surface area (Å²) < 4.78 is 11.5. The summed E-state index contributed by atoms with van der Waals surface area (Å²) in [5.41, 5.74) is 1.03. The van der Waals surface area contributed by atoms with Crippen LogP contribution in [-0.4, -0.2) is 18.6 Å². The van der Waals surface area contributed by atoms with Crippen molar-refractivity contribution in [3.8, 4) is 11.5 Å². The predicted molar refractivity (Wildman–Crippen MR) is 113 cm³/mol.